The Morgan fingerprint density at radius 1 is 1.29 bits per heavy atom. The monoisotopic (exact) mass is 250 g/mol. The Bertz CT molecular complexity index is 561. The van der Waals surface area contributed by atoms with E-state index in [1.807, 2.05) is 39.0 Å². The van der Waals surface area contributed by atoms with Gasteiger partial charge in [0.05, 0.1) is 11.3 Å². The summed E-state index contributed by atoms with van der Waals surface area (Å²) in [6.07, 6.45) is 1.98. The van der Waals surface area contributed by atoms with Gasteiger partial charge in [0, 0.05) is 22.8 Å². The van der Waals surface area contributed by atoms with Crippen molar-refractivity contribution in [2.24, 2.45) is 5.41 Å². The second-order valence-corrected chi connectivity index (χ2v) is 5.63. The number of Topliss-reactive ketones (excluding diaryl/α,β-unsaturated/α-hetero) is 1. The summed E-state index contributed by atoms with van der Waals surface area (Å²) in [5.74, 6) is 0.192. The Morgan fingerprint density at radius 3 is 2.65 bits per heavy atom. The van der Waals surface area contributed by atoms with Gasteiger partial charge in [-0.1, -0.05) is 38.4 Å². The van der Waals surface area contributed by atoms with Crippen molar-refractivity contribution < 1.29 is 9.21 Å². The number of ketones is 1. The molecule has 2 aromatic rings. The van der Waals surface area contributed by atoms with Gasteiger partial charge in [0.1, 0.15) is 11.4 Å². The van der Waals surface area contributed by atoms with Gasteiger partial charge in [0.25, 0.3) is 0 Å². The predicted octanol–water partition coefficient (Wildman–Crippen LogP) is 4.24. The molecule has 1 aromatic heterocycles. The fourth-order valence-corrected chi connectivity index (χ4v) is 1.87. The SMILES string of the molecule is CC(C)(C)C(=O)Cc1ccc(Cl)c2ccoc12. The number of carbonyl (C=O) groups excluding carboxylic acids is 1. The van der Waals surface area contributed by atoms with Gasteiger partial charge >= 0.3 is 0 Å². The second kappa shape index (κ2) is 4.19. The Balaban J connectivity index is 2.41. The van der Waals surface area contributed by atoms with Gasteiger partial charge in [0.2, 0.25) is 0 Å². The van der Waals surface area contributed by atoms with Crippen LogP contribution in [-0.4, -0.2) is 5.78 Å². The summed E-state index contributed by atoms with van der Waals surface area (Å²) >= 11 is 6.05. The van der Waals surface area contributed by atoms with E-state index in [2.05, 4.69) is 0 Å². The molecule has 0 atom stereocenters. The summed E-state index contributed by atoms with van der Waals surface area (Å²) in [5.41, 5.74) is 1.28. The van der Waals surface area contributed by atoms with E-state index in [4.69, 9.17) is 16.0 Å². The molecule has 0 aliphatic rings. The molecule has 0 aliphatic heterocycles. The zero-order valence-electron chi connectivity index (χ0n) is 10.2. The molecule has 0 saturated heterocycles. The maximum atomic E-state index is 12.0. The third-order valence-corrected chi connectivity index (χ3v) is 3.16. The minimum Gasteiger partial charge on any atom is -0.464 e. The number of carbonyl (C=O) groups is 1. The summed E-state index contributed by atoms with van der Waals surface area (Å²) in [4.78, 5) is 12.0. The highest BCUT2D eigenvalue weighted by atomic mass is 35.5. The lowest BCUT2D eigenvalue weighted by molar-refractivity contribution is -0.125. The van der Waals surface area contributed by atoms with Crippen LogP contribution in [-0.2, 0) is 11.2 Å². The van der Waals surface area contributed by atoms with Gasteiger partial charge in [-0.05, 0) is 12.1 Å². The smallest absolute Gasteiger partial charge is 0.142 e. The van der Waals surface area contributed by atoms with Crippen LogP contribution in [0.3, 0.4) is 0 Å². The average molecular weight is 251 g/mol. The van der Waals surface area contributed by atoms with Crippen molar-refractivity contribution in [2.45, 2.75) is 27.2 Å². The Labute approximate surface area is 106 Å². The summed E-state index contributed by atoms with van der Waals surface area (Å²) in [5, 5.41) is 1.52. The lowest BCUT2D eigenvalue weighted by Gasteiger charge is -2.16. The van der Waals surface area contributed by atoms with E-state index in [9.17, 15) is 4.79 Å². The highest BCUT2D eigenvalue weighted by Gasteiger charge is 2.22. The largest absolute Gasteiger partial charge is 0.464 e. The molecule has 0 aliphatic carbocycles. The number of hydrogen-bond donors (Lipinski definition) is 0. The maximum absolute atomic E-state index is 12.0. The molecular formula is C14H15ClO2. The molecule has 90 valence electrons. The van der Waals surface area contributed by atoms with E-state index in [1.54, 1.807) is 6.26 Å². The molecule has 0 spiro atoms. The summed E-state index contributed by atoms with van der Waals surface area (Å²) in [6.45, 7) is 5.76. The van der Waals surface area contributed by atoms with Gasteiger partial charge in [0.15, 0.2) is 0 Å². The van der Waals surface area contributed by atoms with Crippen LogP contribution in [0, 0.1) is 5.41 Å². The van der Waals surface area contributed by atoms with E-state index in [0.717, 1.165) is 16.5 Å². The molecule has 2 rings (SSSR count). The summed E-state index contributed by atoms with van der Waals surface area (Å²) < 4.78 is 5.41. The summed E-state index contributed by atoms with van der Waals surface area (Å²) in [6, 6.07) is 5.49. The third-order valence-electron chi connectivity index (χ3n) is 2.83. The first kappa shape index (κ1) is 12.2. The maximum Gasteiger partial charge on any atom is 0.142 e. The first-order valence-electron chi connectivity index (χ1n) is 5.57. The quantitative estimate of drug-likeness (QED) is 0.798. The van der Waals surface area contributed by atoms with E-state index in [0.29, 0.717) is 11.4 Å². The van der Waals surface area contributed by atoms with Crippen LogP contribution in [0.5, 0.6) is 0 Å². The van der Waals surface area contributed by atoms with Crippen LogP contribution in [0.25, 0.3) is 11.0 Å². The van der Waals surface area contributed by atoms with Crippen LogP contribution >= 0.6 is 11.6 Å². The number of hydrogen-bond acceptors (Lipinski definition) is 2. The molecule has 0 N–H and O–H groups in total. The first-order chi connectivity index (χ1) is 7.89. The van der Waals surface area contributed by atoms with Crippen molar-refractivity contribution in [1.29, 1.82) is 0 Å². The van der Waals surface area contributed by atoms with Gasteiger partial charge in [-0.15, -0.1) is 0 Å². The van der Waals surface area contributed by atoms with Gasteiger partial charge in [-0.25, -0.2) is 0 Å². The zero-order chi connectivity index (χ0) is 12.6. The first-order valence-corrected chi connectivity index (χ1v) is 5.95. The molecule has 0 saturated carbocycles. The van der Waals surface area contributed by atoms with Gasteiger partial charge in [-0.2, -0.15) is 0 Å². The van der Waals surface area contributed by atoms with Crippen LogP contribution in [0.2, 0.25) is 5.02 Å². The fourth-order valence-electron chi connectivity index (χ4n) is 1.66. The number of rotatable bonds is 2. The van der Waals surface area contributed by atoms with Gasteiger partial charge < -0.3 is 4.42 Å². The normalized spacial score (nSPS) is 12.0. The Kier molecular flexibility index (Phi) is 3.00. The summed E-state index contributed by atoms with van der Waals surface area (Å²) in [7, 11) is 0. The number of halogens is 1. The highest BCUT2D eigenvalue weighted by molar-refractivity contribution is 6.35. The molecule has 1 heterocycles. The van der Waals surface area contributed by atoms with Crippen molar-refractivity contribution >= 4 is 28.4 Å². The Morgan fingerprint density at radius 2 is 2.00 bits per heavy atom. The van der Waals surface area contributed by atoms with E-state index in [-0.39, 0.29) is 11.2 Å². The topological polar surface area (TPSA) is 30.2 Å². The van der Waals surface area contributed by atoms with Crippen LogP contribution in [0.1, 0.15) is 26.3 Å². The standard InChI is InChI=1S/C14H15ClO2/c1-14(2,3)12(16)8-9-4-5-11(15)10-6-7-17-13(9)10/h4-7H,8H2,1-3H3. The van der Waals surface area contributed by atoms with E-state index < -0.39 is 0 Å². The van der Waals surface area contributed by atoms with Crippen molar-refractivity contribution in [3.8, 4) is 0 Å². The van der Waals surface area contributed by atoms with Crippen LogP contribution in [0.15, 0.2) is 28.9 Å². The van der Waals surface area contributed by atoms with E-state index in [1.165, 1.54) is 0 Å². The van der Waals surface area contributed by atoms with Crippen molar-refractivity contribution in [2.75, 3.05) is 0 Å². The van der Waals surface area contributed by atoms with Crippen molar-refractivity contribution in [3.05, 3.63) is 35.0 Å². The van der Waals surface area contributed by atoms with Crippen LogP contribution in [0.4, 0.5) is 0 Å². The number of fused-ring (bicyclic) bond motifs is 1. The second-order valence-electron chi connectivity index (χ2n) is 5.22. The molecule has 0 bridgehead atoms. The minimum atomic E-state index is -0.335. The molecule has 0 fully saturated rings. The third kappa shape index (κ3) is 2.37. The molecule has 17 heavy (non-hydrogen) atoms. The fraction of sp³-hybridized carbons (Fsp3) is 0.357. The number of furan rings is 1. The zero-order valence-corrected chi connectivity index (χ0v) is 11.0. The molecule has 0 unspecified atom stereocenters. The van der Waals surface area contributed by atoms with Crippen molar-refractivity contribution in [3.63, 3.8) is 0 Å². The molecular weight excluding hydrogens is 236 g/mol. The van der Waals surface area contributed by atoms with Crippen molar-refractivity contribution in [1.82, 2.24) is 0 Å². The minimum absolute atomic E-state index is 0.192. The van der Waals surface area contributed by atoms with Crippen LogP contribution < -0.4 is 0 Å². The Hall–Kier alpha value is -1.28. The molecule has 3 heteroatoms. The average Bonchev–Trinajstić information content (AvgIpc) is 2.70. The predicted molar refractivity (Wildman–Crippen MR) is 69.4 cm³/mol. The lowest BCUT2D eigenvalue weighted by Crippen LogP contribution is -2.22. The molecule has 0 radical (unpaired) electrons. The highest BCUT2D eigenvalue weighted by Crippen LogP contribution is 2.29. The molecule has 1 aromatic carbocycles. The number of benzene rings is 1. The molecule has 0 amide bonds. The lowest BCUT2D eigenvalue weighted by atomic mass is 9.87. The molecule has 2 nitrogen and oxygen atoms in total. The van der Waals surface area contributed by atoms with E-state index >= 15 is 0 Å². The van der Waals surface area contributed by atoms with Gasteiger partial charge in [-0.3, -0.25) is 4.79 Å².